The van der Waals surface area contributed by atoms with Gasteiger partial charge >= 0.3 is 0 Å². The monoisotopic (exact) mass is 312 g/mol. The predicted molar refractivity (Wildman–Crippen MR) is 86.8 cm³/mol. The summed E-state index contributed by atoms with van der Waals surface area (Å²) in [4.78, 5) is 12.2. The molecule has 120 valence electrons. The number of rotatable bonds is 5. The van der Waals surface area contributed by atoms with Crippen molar-refractivity contribution >= 4 is 5.78 Å². The van der Waals surface area contributed by atoms with E-state index in [1.807, 2.05) is 24.3 Å². The molecule has 1 atom stereocenters. The molecule has 3 rings (SSSR count). The Morgan fingerprint density at radius 2 is 1.83 bits per heavy atom. The minimum absolute atomic E-state index is 0.0225. The third kappa shape index (κ3) is 4.33. The Hall–Kier alpha value is -2.33. The van der Waals surface area contributed by atoms with Crippen molar-refractivity contribution in [1.29, 1.82) is 0 Å². The molecule has 1 aliphatic rings. The number of Topliss-reactive ketones (excluding diaryl/α,β-unsaturated/α-hetero) is 1. The van der Waals surface area contributed by atoms with Gasteiger partial charge in [0.25, 0.3) is 0 Å². The molecular formula is C19H20O4. The number of ketones is 1. The van der Waals surface area contributed by atoms with Gasteiger partial charge in [0.1, 0.15) is 11.5 Å². The van der Waals surface area contributed by atoms with E-state index in [0.29, 0.717) is 12.0 Å². The number of aromatic hydroxyl groups is 1. The first kappa shape index (κ1) is 15.6. The zero-order chi connectivity index (χ0) is 16.1. The van der Waals surface area contributed by atoms with Gasteiger partial charge < -0.3 is 14.6 Å². The Morgan fingerprint density at radius 1 is 1.09 bits per heavy atom. The quantitative estimate of drug-likeness (QED) is 0.855. The molecule has 0 aliphatic carbocycles. The smallest absolute Gasteiger partial charge is 0.199 e. The van der Waals surface area contributed by atoms with Crippen LogP contribution in [0.2, 0.25) is 0 Å². The summed E-state index contributed by atoms with van der Waals surface area (Å²) in [5.74, 6) is 0.944. The first-order chi connectivity index (χ1) is 11.2. The standard InChI is InChI=1S/C19H20O4/c20-16-8-6-15(7-9-16)18(21)13-14-4-10-17(11-5-14)23-19-3-1-2-12-22-19/h4-11,19-20H,1-3,12-13H2. The van der Waals surface area contributed by atoms with Crippen molar-refractivity contribution in [2.75, 3.05) is 6.61 Å². The second-order valence-corrected chi connectivity index (χ2v) is 5.70. The Labute approximate surface area is 135 Å². The van der Waals surface area contributed by atoms with Crippen molar-refractivity contribution in [3.63, 3.8) is 0 Å². The van der Waals surface area contributed by atoms with Gasteiger partial charge in [0.05, 0.1) is 6.61 Å². The molecule has 1 aliphatic heterocycles. The highest BCUT2D eigenvalue weighted by Crippen LogP contribution is 2.20. The Morgan fingerprint density at radius 3 is 2.48 bits per heavy atom. The van der Waals surface area contributed by atoms with E-state index in [1.165, 1.54) is 12.1 Å². The van der Waals surface area contributed by atoms with Gasteiger partial charge in [-0.25, -0.2) is 0 Å². The number of carbonyl (C=O) groups excluding carboxylic acids is 1. The third-order valence-corrected chi connectivity index (χ3v) is 3.88. The molecule has 1 heterocycles. The summed E-state index contributed by atoms with van der Waals surface area (Å²) in [6, 6.07) is 13.9. The fourth-order valence-corrected chi connectivity index (χ4v) is 2.58. The molecule has 2 aromatic rings. The van der Waals surface area contributed by atoms with Gasteiger partial charge in [-0.15, -0.1) is 0 Å². The second-order valence-electron chi connectivity index (χ2n) is 5.70. The lowest BCUT2D eigenvalue weighted by Crippen LogP contribution is -2.24. The van der Waals surface area contributed by atoms with Crippen molar-refractivity contribution in [3.8, 4) is 11.5 Å². The van der Waals surface area contributed by atoms with Gasteiger partial charge in [0, 0.05) is 18.4 Å². The second kappa shape index (κ2) is 7.29. The van der Waals surface area contributed by atoms with Crippen LogP contribution in [0.15, 0.2) is 48.5 Å². The highest BCUT2D eigenvalue weighted by atomic mass is 16.7. The molecule has 1 unspecified atom stereocenters. The summed E-state index contributed by atoms with van der Waals surface area (Å²) in [5, 5.41) is 9.26. The van der Waals surface area contributed by atoms with Crippen molar-refractivity contribution in [1.82, 2.24) is 0 Å². The lowest BCUT2D eigenvalue weighted by molar-refractivity contribution is -0.105. The van der Waals surface area contributed by atoms with Crippen LogP contribution in [0.4, 0.5) is 0 Å². The summed E-state index contributed by atoms with van der Waals surface area (Å²) in [7, 11) is 0. The Balaban J connectivity index is 1.58. The number of carbonyl (C=O) groups is 1. The van der Waals surface area contributed by atoms with Crippen LogP contribution in [0.25, 0.3) is 0 Å². The van der Waals surface area contributed by atoms with E-state index >= 15 is 0 Å². The van der Waals surface area contributed by atoms with E-state index in [2.05, 4.69) is 0 Å². The van der Waals surface area contributed by atoms with E-state index in [1.54, 1.807) is 12.1 Å². The molecular weight excluding hydrogens is 292 g/mol. The van der Waals surface area contributed by atoms with Gasteiger partial charge in [-0.05, 0) is 54.8 Å². The first-order valence-electron chi connectivity index (χ1n) is 7.90. The molecule has 1 N–H and O–H groups in total. The molecule has 0 radical (unpaired) electrons. The van der Waals surface area contributed by atoms with Gasteiger partial charge in [0.2, 0.25) is 0 Å². The molecule has 1 fully saturated rings. The third-order valence-electron chi connectivity index (χ3n) is 3.88. The molecule has 0 saturated carbocycles. The normalized spacial score (nSPS) is 17.7. The molecule has 0 amide bonds. The van der Waals surface area contributed by atoms with E-state index in [4.69, 9.17) is 9.47 Å². The van der Waals surface area contributed by atoms with E-state index in [9.17, 15) is 9.90 Å². The molecule has 4 nitrogen and oxygen atoms in total. The van der Waals surface area contributed by atoms with E-state index in [0.717, 1.165) is 37.2 Å². The number of hydrogen-bond donors (Lipinski definition) is 1. The highest BCUT2D eigenvalue weighted by molar-refractivity contribution is 5.97. The molecule has 23 heavy (non-hydrogen) atoms. The average molecular weight is 312 g/mol. The molecule has 0 spiro atoms. The Bertz CT molecular complexity index is 640. The van der Waals surface area contributed by atoms with Gasteiger partial charge in [0.15, 0.2) is 12.1 Å². The molecule has 0 aromatic heterocycles. The van der Waals surface area contributed by atoms with Crippen LogP contribution in [0.3, 0.4) is 0 Å². The predicted octanol–water partition coefficient (Wildman–Crippen LogP) is 3.72. The summed E-state index contributed by atoms with van der Waals surface area (Å²) in [6.45, 7) is 0.754. The maximum atomic E-state index is 12.2. The van der Waals surface area contributed by atoms with Gasteiger partial charge in [-0.2, -0.15) is 0 Å². The zero-order valence-electron chi connectivity index (χ0n) is 12.9. The number of hydrogen-bond acceptors (Lipinski definition) is 4. The SMILES string of the molecule is O=C(Cc1ccc(OC2CCCCO2)cc1)c1ccc(O)cc1. The van der Waals surface area contributed by atoms with E-state index < -0.39 is 0 Å². The van der Waals surface area contributed by atoms with Crippen molar-refractivity contribution < 1.29 is 19.4 Å². The zero-order valence-corrected chi connectivity index (χ0v) is 12.9. The molecule has 1 saturated heterocycles. The van der Waals surface area contributed by atoms with Crippen LogP contribution in [-0.4, -0.2) is 23.8 Å². The first-order valence-corrected chi connectivity index (χ1v) is 7.90. The number of ether oxygens (including phenoxy) is 2. The number of phenolic OH excluding ortho intramolecular Hbond substituents is 1. The minimum Gasteiger partial charge on any atom is -0.508 e. The summed E-state index contributed by atoms with van der Waals surface area (Å²) < 4.78 is 11.3. The fraction of sp³-hybridized carbons (Fsp3) is 0.316. The van der Waals surface area contributed by atoms with Crippen LogP contribution in [0.1, 0.15) is 35.2 Å². The number of phenols is 1. The van der Waals surface area contributed by atoms with Crippen LogP contribution in [0, 0.1) is 0 Å². The highest BCUT2D eigenvalue weighted by Gasteiger charge is 2.15. The molecule has 0 bridgehead atoms. The molecule has 4 heteroatoms. The maximum absolute atomic E-state index is 12.2. The summed E-state index contributed by atoms with van der Waals surface area (Å²) >= 11 is 0. The van der Waals surface area contributed by atoms with Gasteiger partial charge in [-0.1, -0.05) is 12.1 Å². The summed E-state index contributed by atoms with van der Waals surface area (Å²) in [5.41, 5.74) is 1.53. The van der Waals surface area contributed by atoms with Crippen molar-refractivity contribution in [3.05, 3.63) is 59.7 Å². The minimum atomic E-state index is -0.159. The number of benzene rings is 2. The van der Waals surface area contributed by atoms with Crippen molar-refractivity contribution in [2.24, 2.45) is 0 Å². The van der Waals surface area contributed by atoms with E-state index in [-0.39, 0.29) is 17.8 Å². The largest absolute Gasteiger partial charge is 0.508 e. The maximum Gasteiger partial charge on any atom is 0.199 e. The topological polar surface area (TPSA) is 55.8 Å². The van der Waals surface area contributed by atoms with Crippen LogP contribution < -0.4 is 4.74 Å². The summed E-state index contributed by atoms with van der Waals surface area (Å²) in [6.07, 6.45) is 3.31. The van der Waals surface area contributed by atoms with Crippen LogP contribution in [0.5, 0.6) is 11.5 Å². The fourth-order valence-electron chi connectivity index (χ4n) is 2.58. The Kier molecular flexibility index (Phi) is 4.93. The van der Waals surface area contributed by atoms with Crippen molar-refractivity contribution in [2.45, 2.75) is 32.0 Å². The van der Waals surface area contributed by atoms with Crippen LogP contribution >= 0.6 is 0 Å². The van der Waals surface area contributed by atoms with Crippen LogP contribution in [-0.2, 0) is 11.2 Å². The lowest BCUT2D eigenvalue weighted by atomic mass is 10.0. The average Bonchev–Trinajstić information content (AvgIpc) is 2.58. The van der Waals surface area contributed by atoms with Gasteiger partial charge in [-0.3, -0.25) is 4.79 Å². The molecule has 2 aromatic carbocycles. The lowest BCUT2D eigenvalue weighted by Gasteiger charge is -2.23.